The third-order valence-electron chi connectivity index (χ3n) is 4.45. The van der Waals surface area contributed by atoms with Crippen molar-refractivity contribution in [1.82, 2.24) is 0 Å². The lowest BCUT2D eigenvalue weighted by Gasteiger charge is -2.20. The van der Waals surface area contributed by atoms with Crippen LogP contribution in [-0.2, 0) is 0 Å². The summed E-state index contributed by atoms with van der Waals surface area (Å²) < 4.78 is 5.81. The van der Waals surface area contributed by atoms with E-state index in [4.69, 9.17) is 4.42 Å². The number of halogens is 1. The molecule has 0 aliphatic carbocycles. The number of carbonyl (C=O) groups is 2. The molecule has 2 amide bonds. The molecule has 0 saturated heterocycles. The minimum Gasteiger partial charge on any atom is -0.444 e. The van der Waals surface area contributed by atoms with Crippen LogP contribution in [0, 0.1) is 13.8 Å². The number of hydrogen-bond acceptors (Lipinski definition) is 3. The van der Waals surface area contributed by atoms with Gasteiger partial charge in [-0.2, -0.15) is 0 Å². The second kappa shape index (κ2) is 7.80. The standard InChI is InChI=1S/C21H19BrN2O3/c1-13-7-6-9-16(14(13)2)23-20(25)15-8-4-5-10-17(15)24(3)21(26)18-11-12-19(22)27-18/h4-12H,1-3H3,(H,23,25). The number of anilines is 2. The number of nitrogens with one attached hydrogen (secondary N) is 1. The Morgan fingerprint density at radius 1 is 1.00 bits per heavy atom. The molecule has 0 radical (unpaired) electrons. The first-order valence-electron chi connectivity index (χ1n) is 8.38. The summed E-state index contributed by atoms with van der Waals surface area (Å²) in [5.74, 6) is -0.429. The summed E-state index contributed by atoms with van der Waals surface area (Å²) >= 11 is 3.19. The summed E-state index contributed by atoms with van der Waals surface area (Å²) in [5, 5.41) is 2.94. The maximum absolute atomic E-state index is 12.9. The molecule has 0 atom stereocenters. The zero-order valence-electron chi connectivity index (χ0n) is 15.2. The first-order valence-corrected chi connectivity index (χ1v) is 9.17. The molecule has 0 saturated carbocycles. The van der Waals surface area contributed by atoms with Gasteiger partial charge in [0.15, 0.2) is 10.4 Å². The van der Waals surface area contributed by atoms with E-state index in [2.05, 4.69) is 21.2 Å². The van der Waals surface area contributed by atoms with Gasteiger partial charge >= 0.3 is 0 Å². The van der Waals surface area contributed by atoms with Crippen LogP contribution in [0.15, 0.2) is 63.7 Å². The summed E-state index contributed by atoms with van der Waals surface area (Å²) in [6, 6.07) is 16.0. The predicted octanol–water partition coefficient (Wildman–Crippen LogP) is 5.19. The van der Waals surface area contributed by atoms with Crippen LogP contribution in [0.5, 0.6) is 0 Å². The molecule has 6 heteroatoms. The van der Waals surface area contributed by atoms with Crippen molar-refractivity contribution in [3.8, 4) is 0 Å². The van der Waals surface area contributed by atoms with Crippen LogP contribution in [0.4, 0.5) is 11.4 Å². The molecule has 1 N–H and O–H groups in total. The Labute approximate surface area is 166 Å². The minimum atomic E-state index is -0.340. The maximum atomic E-state index is 12.9. The van der Waals surface area contributed by atoms with E-state index in [1.165, 1.54) is 4.90 Å². The van der Waals surface area contributed by atoms with Crippen LogP contribution >= 0.6 is 15.9 Å². The van der Waals surface area contributed by atoms with E-state index in [0.717, 1.165) is 16.8 Å². The van der Waals surface area contributed by atoms with Gasteiger partial charge < -0.3 is 14.6 Å². The molecule has 3 aromatic rings. The van der Waals surface area contributed by atoms with Crippen molar-refractivity contribution in [2.24, 2.45) is 0 Å². The summed E-state index contributed by atoms with van der Waals surface area (Å²) in [6.45, 7) is 3.95. The van der Waals surface area contributed by atoms with Crippen molar-refractivity contribution >= 4 is 39.1 Å². The minimum absolute atomic E-state index is 0.189. The predicted molar refractivity (Wildman–Crippen MR) is 109 cm³/mol. The number of furan rings is 1. The van der Waals surface area contributed by atoms with Gasteiger partial charge in [-0.1, -0.05) is 24.3 Å². The molecule has 5 nitrogen and oxygen atoms in total. The van der Waals surface area contributed by atoms with E-state index in [1.54, 1.807) is 43.4 Å². The number of amides is 2. The van der Waals surface area contributed by atoms with E-state index in [1.807, 2.05) is 32.0 Å². The zero-order valence-corrected chi connectivity index (χ0v) is 16.8. The Bertz CT molecular complexity index is 1010. The van der Waals surface area contributed by atoms with Gasteiger partial charge in [0.2, 0.25) is 0 Å². The molecular formula is C21H19BrN2O3. The van der Waals surface area contributed by atoms with E-state index in [9.17, 15) is 9.59 Å². The average molecular weight is 427 g/mol. The monoisotopic (exact) mass is 426 g/mol. The highest BCUT2D eigenvalue weighted by Crippen LogP contribution is 2.25. The third-order valence-corrected chi connectivity index (χ3v) is 4.88. The largest absolute Gasteiger partial charge is 0.444 e. The van der Waals surface area contributed by atoms with Crippen molar-refractivity contribution in [3.05, 3.63) is 81.7 Å². The van der Waals surface area contributed by atoms with Gasteiger partial charge in [0.05, 0.1) is 11.3 Å². The fourth-order valence-electron chi connectivity index (χ4n) is 2.74. The van der Waals surface area contributed by atoms with E-state index in [0.29, 0.717) is 15.9 Å². The van der Waals surface area contributed by atoms with E-state index < -0.39 is 0 Å². The zero-order chi connectivity index (χ0) is 19.6. The van der Waals surface area contributed by atoms with Crippen LogP contribution in [-0.4, -0.2) is 18.9 Å². The highest BCUT2D eigenvalue weighted by Gasteiger charge is 2.22. The van der Waals surface area contributed by atoms with Gasteiger partial charge in [0.25, 0.3) is 11.8 Å². The van der Waals surface area contributed by atoms with Crippen LogP contribution in [0.1, 0.15) is 32.0 Å². The molecule has 0 bridgehead atoms. The molecule has 0 fully saturated rings. The lowest BCUT2D eigenvalue weighted by Crippen LogP contribution is -2.28. The molecule has 0 aliphatic heterocycles. The van der Waals surface area contributed by atoms with Gasteiger partial charge in [-0.25, -0.2) is 0 Å². The number of para-hydroxylation sites is 1. The quantitative estimate of drug-likeness (QED) is 0.624. The van der Waals surface area contributed by atoms with E-state index in [-0.39, 0.29) is 17.6 Å². The van der Waals surface area contributed by atoms with Gasteiger partial charge in [0, 0.05) is 12.7 Å². The molecule has 138 valence electrons. The van der Waals surface area contributed by atoms with Crippen molar-refractivity contribution < 1.29 is 14.0 Å². The first-order chi connectivity index (χ1) is 12.9. The SMILES string of the molecule is Cc1cccc(NC(=O)c2ccccc2N(C)C(=O)c2ccc(Br)o2)c1C. The molecule has 3 rings (SSSR count). The summed E-state index contributed by atoms with van der Waals surface area (Å²) in [5.41, 5.74) is 3.75. The maximum Gasteiger partial charge on any atom is 0.293 e. The van der Waals surface area contributed by atoms with Crippen molar-refractivity contribution in [2.75, 3.05) is 17.3 Å². The summed E-state index contributed by atoms with van der Waals surface area (Å²) in [6.07, 6.45) is 0. The van der Waals surface area contributed by atoms with Crippen LogP contribution in [0.3, 0.4) is 0 Å². The third kappa shape index (κ3) is 3.95. The molecular weight excluding hydrogens is 408 g/mol. The molecule has 1 heterocycles. The summed E-state index contributed by atoms with van der Waals surface area (Å²) in [7, 11) is 1.61. The van der Waals surface area contributed by atoms with E-state index >= 15 is 0 Å². The fraction of sp³-hybridized carbons (Fsp3) is 0.143. The Kier molecular flexibility index (Phi) is 5.46. The number of aryl methyl sites for hydroxylation is 1. The van der Waals surface area contributed by atoms with Gasteiger partial charge in [-0.05, 0) is 71.2 Å². The second-order valence-corrected chi connectivity index (χ2v) is 6.97. The molecule has 27 heavy (non-hydrogen) atoms. The molecule has 0 spiro atoms. The second-order valence-electron chi connectivity index (χ2n) is 6.19. The Morgan fingerprint density at radius 2 is 1.74 bits per heavy atom. The normalized spacial score (nSPS) is 10.5. The Hall–Kier alpha value is -2.86. The first kappa shape index (κ1) is 18.9. The highest BCUT2D eigenvalue weighted by atomic mass is 79.9. The van der Waals surface area contributed by atoms with Crippen LogP contribution in [0.2, 0.25) is 0 Å². The topological polar surface area (TPSA) is 62.6 Å². The van der Waals surface area contributed by atoms with Crippen LogP contribution < -0.4 is 10.2 Å². The number of carbonyl (C=O) groups excluding carboxylic acids is 2. The Morgan fingerprint density at radius 3 is 2.44 bits per heavy atom. The summed E-state index contributed by atoms with van der Waals surface area (Å²) in [4.78, 5) is 27.0. The van der Waals surface area contributed by atoms with Crippen LogP contribution in [0.25, 0.3) is 0 Å². The van der Waals surface area contributed by atoms with Gasteiger partial charge in [-0.15, -0.1) is 0 Å². The van der Waals surface area contributed by atoms with Crippen molar-refractivity contribution in [1.29, 1.82) is 0 Å². The molecule has 1 aromatic heterocycles. The Balaban J connectivity index is 1.90. The number of benzene rings is 2. The highest BCUT2D eigenvalue weighted by molar-refractivity contribution is 9.10. The van der Waals surface area contributed by atoms with Gasteiger partial charge in [-0.3, -0.25) is 9.59 Å². The fourth-order valence-corrected chi connectivity index (χ4v) is 3.04. The molecule has 2 aromatic carbocycles. The number of rotatable bonds is 4. The lowest BCUT2D eigenvalue weighted by atomic mass is 10.1. The molecule has 0 unspecified atom stereocenters. The number of nitrogens with zero attached hydrogens (tertiary/aromatic N) is 1. The number of hydrogen-bond donors (Lipinski definition) is 1. The van der Waals surface area contributed by atoms with Crippen molar-refractivity contribution in [2.45, 2.75) is 13.8 Å². The van der Waals surface area contributed by atoms with Gasteiger partial charge in [0.1, 0.15) is 0 Å². The van der Waals surface area contributed by atoms with Crippen molar-refractivity contribution in [3.63, 3.8) is 0 Å². The average Bonchev–Trinajstić information content (AvgIpc) is 3.10. The lowest BCUT2D eigenvalue weighted by molar-refractivity contribution is 0.0965. The molecule has 0 aliphatic rings. The smallest absolute Gasteiger partial charge is 0.293 e.